The Hall–Kier alpha value is -1.80. The van der Waals surface area contributed by atoms with Crippen molar-refractivity contribution in [2.45, 2.75) is 44.4 Å². The Bertz CT molecular complexity index is 698. The summed E-state index contributed by atoms with van der Waals surface area (Å²) in [4.78, 5) is 13.0. The lowest BCUT2D eigenvalue weighted by Gasteiger charge is -2.28. The molecule has 0 aromatic heterocycles. The van der Waals surface area contributed by atoms with E-state index in [9.17, 15) is 4.79 Å². The summed E-state index contributed by atoms with van der Waals surface area (Å²) in [6, 6.07) is 15.8. The van der Waals surface area contributed by atoms with Crippen molar-refractivity contribution in [1.82, 2.24) is 0 Å². The van der Waals surface area contributed by atoms with Gasteiger partial charge in [0.05, 0.1) is 0 Å². The summed E-state index contributed by atoms with van der Waals surface area (Å²) < 4.78 is 0. The number of unbranched alkanes of at least 4 members (excludes halogenated alkanes) is 3. The molecule has 1 N–H and O–H groups in total. The van der Waals surface area contributed by atoms with Gasteiger partial charge in [-0.15, -0.1) is 0 Å². The van der Waals surface area contributed by atoms with Gasteiger partial charge in [-0.1, -0.05) is 74.5 Å². The molecule has 1 atom stereocenters. The van der Waals surface area contributed by atoms with E-state index in [-0.39, 0.29) is 5.91 Å². The van der Waals surface area contributed by atoms with E-state index in [1.54, 1.807) is 0 Å². The van der Waals surface area contributed by atoms with Crippen molar-refractivity contribution >= 4 is 23.2 Å². The minimum Gasteiger partial charge on any atom is -0.325 e. The van der Waals surface area contributed by atoms with Gasteiger partial charge in [0.2, 0.25) is 5.91 Å². The van der Waals surface area contributed by atoms with Crippen LogP contribution in [0, 0.1) is 0 Å². The van der Waals surface area contributed by atoms with Crippen LogP contribution < -0.4 is 5.32 Å². The first-order valence-corrected chi connectivity index (χ1v) is 8.73. The van der Waals surface area contributed by atoms with Crippen LogP contribution in [0.15, 0.2) is 48.5 Å². The van der Waals surface area contributed by atoms with E-state index in [2.05, 4.69) is 24.4 Å². The number of anilines is 1. The van der Waals surface area contributed by atoms with Gasteiger partial charge in [-0.2, -0.15) is 0 Å². The number of rotatable bonds is 6. The van der Waals surface area contributed by atoms with Gasteiger partial charge in [-0.3, -0.25) is 4.79 Å². The summed E-state index contributed by atoms with van der Waals surface area (Å²) in [5, 5.41) is 3.73. The van der Waals surface area contributed by atoms with Crippen molar-refractivity contribution in [3.63, 3.8) is 0 Å². The lowest BCUT2D eigenvalue weighted by molar-refractivity contribution is -0.119. The third kappa shape index (κ3) is 2.88. The van der Waals surface area contributed by atoms with Crippen LogP contribution >= 0.6 is 11.6 Å². The third-order valence-electron chi connectivity index (χ3n) is 4.75. The first-order chi connectivity index (χ1) is 11.2. The van der Waals surface area contributed by atoms with Crippen molar-refractivity contribution < 1.29 is 4.79 Å². The summed E-state index contributed by atoms with van der Waals surface area (Å²) in [5.41, 5.74) is 2.33. The molecule has 3 heteroatoms. The van der Waals surface area contributed by atoms with Gasteiger partial charge in [-0.25, -0.2) is 0 Å². The van der Waals surface area contributed by atoms with Crippen molar-refractivity contribution in [2.75, 3.05) is 5.32 Å². The second kappa shape index (κ2) is 6.76. The maximum Gasteiger partial charge on any atom is 0.239 e. The molecule has 120 valence electrons. The zero-order chi connectivity index (χ0) is 16.3. The van der Waals surface area contributed by atoms with Crippen molar-refractivity contribution in [1.29, 1.82) is 0 Å². The SMILES string of the molecule is CCCCCCC1(c2ccccc2)C(=O)Nc2ccc(Cl)cc21. The van der Waals surface area contributed by atoms with E-state index in [0.717, 1.165) is 36.1 Å². The van der Waals surface area contributed by atoms with Gasteiger partial charge in [0.1, 0.15) is 5.41 Å². The van der Waals surface area contributed by atoms with Gasteiger partial charge in [0.15, 0.2) is 0 Å². The van der Waals surface area contributed by atoms with E-state index < -0.39 is 5.41 Å². The quantitative estimate of drug-likeness (QED) is 0.692. The molecule has 0 fully saturated rings. The van der Waals surface area contributed by atoms with Crippen LogP contribution in [0.2, 0.25) is 5.02 Å². The van der Waals surface area contributed by atoms with Gasteiger partial charge < -0.3 is 5.32 Å². The molecule has 0 spiro atoms. The van der Waals surface area contributed by atoms with E-state index >= 15 is 0 Å². The zero-order valence-electron chi connectivity index (χ0n) is 13.4. The summed E-state index contributed by atoms with van der Waals surface area (Å²) in [6.07, 6.45) is 5.38. The van der Waals surface area contributed by atoms with Crippen LogP contribution in [-0.4, -0.2) is 5.91 Å². The summed E-state index contributed by atoms with van der Waals surface area (Å²) in [7, 11) is 0. The second-order valence-corrected chi connectivity index (χ2v) is 6.66. The molecular formula is C20H22ClNO. The van der Waals surface area contributed by atoms with Gasteiger partial charge in [0, 0.05) is 10.7 Å². The Labute approximate surface area is 142 Å². The topological polar surface area (TPSA) is 29.1 Å². The highest BCUT2D eigenvalue weighted by Crippen LogP contribution is 2.47. The fraction of sp³-hybridized carbons (Fsp3) is 0.350. The summed E-state index contributed by atoms with van der Waals surface area (Å²) in [6.45, 7) is 2.20. The van der Waals surface area contributed by atoms with E-state index in [1.165, 1.54) is 12.8 Å². The molecule has 1 aliphatic rings. The van der Waals surface area contributed by atoms with Crippen LogP contribution in [-0.2, 0) is 10.2 Å². The number of amides is 1. The van der Waals surface area contributed by atoms with Crippen molar-refractivity contribution in [2.24, 2.45) is 0 Å². The average Bonchev–Trinajstić information content (AvgIpc) is 2.85. The molecule has 2 nitrogen and oxygen atoms in total. The van der Waals surface area contributed by atoms with Gasteiger partial charge in [0.25, 0.3) is 0 Å². The molecule has 2 aromatic carbocycles. The van der Waals surface area contributed by atoms with Crippen molar-refractivity contribution in [3.8, 4) is 0 Å². The van der Waals surface area contributed by atoms with Crippen LogP contribution in [0.3, 0.4) is 0 Å². The molecule has 0 radical (unpaired) electrons. The minimum atomic E-state index is -0.616. The predicted molar refractivity (Wildman–Crippen MR) is 96.1 cm³/mol. The molecule has 3 rings (SSSR count). The maximum atomic E-state index is 13.0. The third-order valence-corrected chi connectivity index (χ3v) is 4.98. The molecule has 0 aliphatic carbocycles. The maximum absolute atomic E-state index is 13.0. The predicted octanol–water partition coefficient (Wildman–Crippen LogP) is 5.55. The normalized spacial score (nSPS) is 19.5. The molecule has 0 bridgehead atoms. The Morgan fingerprint density at radius 3 is 2.57 bits per heavy atom. The molecule has 1 aliphatic heterocycles. The highest BCUT2D eigenvalue weighted by atomic mass is 35.5. The number of fused-ring (bicyclic) bond motifs is 1. The van der Waals surface area contributed by atoms with Crippen molar-refractivity contribution in [3.05, 3.63) is 64.7 Å². The van der Waals surface area contributed by atoms with Crippen LogP contribution in [0.25, 0.3) is 0 Å². The molecule has 0 saturated heterocycles. The lowest BCUT2D eigenvalue weighted by atomic mass is 9.72. The summed E-state index contributed by atoms with van der Waals surface area (Å²) in [5.74, 6) is 0.0671. The molecule has 1 heterocycles. The second-order valence-electron chi connectivity index (χ2n) is 6.23. The Morgan fingerprint density at radius 1 is 1.04 bits per heavy atom. The van der Waals surface area contributed by atoms with E-state index in [1.807, 2.05) is 36.4 Å². The molecule has 1 amide bonds. The molecule has 1 unspecified atom stereocenters. The molecule has 23 heavy (non-hydrogen) atoms. The Kier molecular flexibility index (Phi) is 4.72. The van der Waals surface area contributed by atoms with Crippen LogP contribution in [0.1, 0.15) is 50.2 Å². The minimum absolute atomic E-state index is 0.0671. The zero-order valence-corrected chi connectivity index (χ0v) is 14.2. The number of carbonyl (C=O) groups excluding carboxylic acids is 1. The molecule has 2 aromatic rings. The first-order valence-electron chi connectivity index (χ1n) is 8.35. The number of halogens is 1. The van der Waals surface area contributed by atoms with Gasteiger partial charge in [-0.05, 0) is 35.7 Å². The largest absolute Gasteiger partial charge is 0.325 e. The molecule has 0 saturated carbocycles. The standard InChI is InChI=1S/C20H22ClNO/c1-2-3-4-8-13-20(15-9-6-5-7-10-15)17-14-16(21)11-12-18(17)22-19(20)23/h5-7,9-12,14H,2-4,8,13H2,1H3,(H,22,23). The first kappa shape index (κ1) is 16.1. The monoisotopic (exact) mass is 327 g/mol. The molecular weight excluding hydrogens is 306 g/mol. The number of benzene rings is 2. The fourth-order valence-electron chi connectivity index (χ4n) is 3.55. The van der Waals surface area contributed by atoms with Crippen LogP contribution in [0.5, 0.6) is 0 Å². The highest BCUT2D eigenvalue weighted by molar-refractivity contribution is 6.31. The Balaban J connectivity index is 2.06. The lowest BCUT2D eigenvalue weighted by Crippen LogP contribution is -2.35. The number of carbonyl (C=O) groups is 1. The number of hydrogen-bond acceptors (Lipinski definition) is 1. The smallest absolute Gasteiger partial charge is 0.239 e. The van der Waals surface area contributed by atoms with E-state index in [0.29, 0.717) is 5.02 Å². The average molecular weight is 328 g/mol. The van der Waals surface area contributed by atoms with E-state index in [4.69, 9.17) is 11.6 Å². The Morgan fingerprint density at radius 2 is 1.83 bits per heavy atom. The highest BCUT2D eigenvalue weighted by Gasteiger charge is 2.47. The summed E-state index contributed by atoms with van der Waals surface area (Å²) >= 11 is 6.23. The number of nitrogens with one attached hydrogen (secondary N) is 1. The van der Waals surface area contributed by atoms with Gasteiger partial charge >= 0.3 is 0 Å². The van der Waals surface area contributed by atoms with Crippen LogP contribution in [0.4, 0.5) is 5.69 Å². The number of hydrogen-bond donors (Lipinski definition) is 1. The fourth-order valence-corrected chi connectivity index (χ4v) is 3.72.